The van der Waals surface area contributed by atoms with E-state index in [0.717, 1.165) is 12.2 Å². The molecule has 0 amide bonds. The summed E-state index contributed by atoms with van der Waals surface area (Å²) in [5, 5.41) is 22.7. The van der Waals surface area contributed by atoms with Gasteiger partial charge in [0, 0.05) is 24.2 Å². The molecule has 12 nitrogen and oxygen atoms in total. The minimum Gasteiger partial charge on any atom is -0.494 e. The van der Waals surface area contributed by atoms with Crippen LogP contribution in [-0.4, -0.2) is 71.5 Å². The fraction of sp³-hybridized carbons (Fsp3) is 0.255. The third-order valence-corrected chi connectivity index (χ3v) is 10.1. The molecular formula is C51H48F6N2O10. The first-order chi connectivity index (χ1) is 32.7. The minimum atomic E-state index is -4.22. The van der Waals surface area contributed by atoms with Crippen LogP contribution in [0.4, 0.5) is 37.7 Å². The zero-order valence-corrected chi connectivity index (χ0v) is 36.8. The van der Waals surface area contributed by atoms with E-state index in [2.05, 4.69) is 0 Å². The number of aliphatic hydroxyl groups is 2. The highest BCUT2D eigenvalue weighted by atomic mass is 19.4. The highest BCUT2D eigenvalue weighted by molar-refractivity contribution is 6.01. The van der Waals surface area contributed by atoms with Crippen LogP contribution in [0.5, 0.6) is 23.0 Å². The molecule has 0 aliphatic carbocycles. The summed E-state index contributed by atoms with van der Waals surface area (Å²) in [5.74, 6) is -3.57. The topological polar surface area (TPSA) is 198 Å². The Morgan fingerprint density at radius 1 is 0.507 bits per heavy atom. The summed E-state index contributed by atoms with van der Waals surface area (Å²) in [6.07, 6.45) is -9.06. The Hall–Kier alpha value is -7.44. The van der Waals surface area contributed by atoms with Gasteiger partial charge in [-0.3, -0.25) is 9.59 Å². The maximum atomic E-state index is 13.4. The second kappa shape index (κ2) is 24.5. The SMILES string of the molecule is Nc1cc(N)cc(C(C(O)C(=O)/C=C/c2ccc(C(=O)Oc3ccc(OCCCCC(F)(F)F)cc3)cc2)C(O)C(=O)/C=C/c2ccc(C(=O)Oc3ccc(OCCCCC(F)(F)F)cc3)cc2)c1. The molecule has 364 valence electrons. The number of aliphatic hydroxyl groups excluding tert-OH is 2. The van der Waals surface area contributed by atoms with Gasteiger partial charge in [0.25, 0.3) is 0 Å². The first kappa shape index (κ1) is 52.5. The highest BCUT2D eigenvalue weighted by Gasteiger charge is 2.36. The van der Waals surface area contributed by atoms with Crippen LogP contribution >= 0.6 is 0 Å². The van der Waals surface area contributed by atoms with Crippen molar-refractivity contribution in [3.63, 3.8) is 0 Å². The van der Waals surface area contributed by atoms with Crippen LogP contribution in [0.15, 0.2) is 127 Å². The number of benzene rings is 5. The van der Waals surface area contributed by atoms with Crippen LogP contribution in [0, 0.1) is 0 Å². The van der Waals surface area contributed by atoms with Gasteiger partial charge in [-0.2, -0.15) is 26.3 Å². The predicted molar refractivity (Wildman–Crippen MR) is 245 cm³/mol. The molecule has 0 spiro atoms. The molecule has 0 fully saturated rings. The normalized spacial score (nSPS) is 13.2. The Labute approximate surface area is 392 Å². The van der Waals surface area contributed by atoms with E-state index in [0.29, 0.717) is 22.6 Å². The number of nitrogens with two attached hydrogens (primary N) is 2. The maximum absolute atomic E-state index is 13.4. The third-order valence-electron chi connectivity index (χ3n) is 10.1. The van der Waals surface area contributed by atoms with Gasteiger partial charge >= 0.3 is 24.3 Å². The molecule has 69 heavy (non-hydrogen) atoms. The van der Waals surface area contributed by atoms with Gasteiger partial charge in [0.05, 0.1) is 30.3 Å². The standard InChI is InChI=1S/C51H48F6N2O10/c52-50(53,54)25-1-3-27-66-39-15-19-41(20-16-39)68-48(64)34-11-5-32(6-12-34)9-23-43(60)46(62)45(36-29-37(58)31-38(59)30-36)47(63)44(61)24-10-33-7-13-35(14-8-33)49(65)69-42-21-17-40(18-22-42)67-28-4-2-26-51(55,56)57/h5-24,29-31,45-47,62-63H,1-4,25-28,58-59H2/b23-9+,24-10+. The molecule has 0 bridgehead atoms. The average Bonchev–Trinajstić information content (AvgIpc) is 3.30. The van der Waals surface area contributed by atoms with Crippen LogP contribution in [-0.2, 0) is 9.59 Å². The van der Waals surface area contributed by atoms with Gasteiger partial charge in [-0.25, -0.2) is 9.59 Å². The first-order valence-electron chi connectivity index (χ1n) is 21.4. The number of anilines is 2. The number of ketones is 2. The van der Waals surface area contributed by atoms with Gasteiger partial charge < -0.3 is 40.6 Å². The molecule has 5 rings (SSSR count). The zero-order chi connectivity index (χ0) is 50.1. The van der Waals surface area contributed by atoms with Crippen molar-refractivity contribution in [3.8, 4) is 23.0 Å². The minimum absolute atomic E-state index is 0.0597. The summed E-state index contributed by atoms with van der Waals surface area (Å²) >= 11 is 0. The number of ether oxygens (including phenoxy) is 4. The van der Waals surface area contributed by atoms with Gasteiger partial charge in [0.1, 0.15) is 35.2 Å². The molecule has 0 aromatic heterocycles. The Morgan fingerprint density at radius 2 is 0.855 bits per heavy atom. The van der Waals surface area contributed by atoms with Crippen LogP contribution in [0.2, 0.25) is 0 Å². The fourth-order valence-corrected chi connectivity index (χ4v) is 6.58. The number of carbonyl (C=O) groups is 4. The summed E-state index contributed by atoms with van der Waals surface area (Å²) in [4.78, 5) is 52.4. The van der Waals surface area contributed by atoms with Crippen molar-refractivity contribution in [2.24, 2.45) is 0 Å². The lowest BCUT2D eigenvalue weighted by molar-refractivity contribution is -0.136. The van der Waals surface area contributed by atoms with Crippen molar-refractivity contribution in [3.05, 3.63) is 155 Å². The highest BCUT2D eigenvalue weighted by Crippen LogP contribution is 2.31. The zero-order valence-electron chi connectivity index (χ0n) is 36.8. The van der Waals surface area contributed by atoms with Crippen molar-refractivity contribution >= 4 is 47.0 Å². The van der Waals surface area contributed by atoms with Crippen molar-refractivity contribution < 1.29 is 74.7 Å². The van der Waals surface area contributed by atoms with Gasteiger partial charge in [-0.15, -0.1) is 0 Å². The first-order valence-corrected chi connectivity index (χ1v) is 21.4. The van der Waals surface area contributed by atoms with Crippen molar-refractivity contribution in [1.29, 1.82) is 0 Å². The van der Waals surface area contributed by atoms with Gasteiger partial charge in [-0.1, -0.05) is 36.4 Å². The molecule has 5 aromatic rings. The lowest BCUT2D eigenvalue weighted by atomic mass is 9.83. The molecule has 6 N–H and O–H groups in total. The van der Waals surface area contributed by atoms with Gasteiger partial charge in [0.2, 0.25) is 0 Å². The van der Waals surface area contributed by atoms with Gasteiger partial charge in [0.15, 0.2) is 11.6 Å². The molecule has 0 radical (unpaired) electrons. The molecule has 5 aromatic carbocycles. The van der Waals surface area contributed by atoms with E-state index in [4.69, 9.17) is 30.4 Å². The summed E-state index contributed by atoms with van der Waals surface area (Å²) in [5.41, 5.74) is 13.5. The molecule has 0 saturated carbocycles. The van der Waals surface area contributed by atoms with Crippen molar-refractivity contribution in [1.82, 2.24) is 0 Å². The quantitative estimate of drug-likeness (QED) is 0.0121. The van der Waals surface area contributed by atoms with E-state index < -0.39 is 66.8 Å². The number of nitrogen functional groups attached to an aromatic ring is 2. The molecule has 0 aliphatic rings. The molecule has 0 aliphatic heterocycles. The molecular weight excluding hydrogens is 915 g/mol. The number of carbonyl (C=O) groups excluding carboxylic acids is 4. The number of esters is 2. The van der Waals surface area contributed by atoms with Crippen molar-refractivity contribution in [2.75, 3.05) is 24.7 Å². The average molecular weight is 963 g/mol. The van der Waals surface area contributed by atoms with Crippen LogP contribution in [0.25, 0.3) is 12.2 Å². The lowest BCUT2D eigenvalue weighted by Gasteiger charge is -2.26. The second-order valence-electron chi connectivity index (χ2n) is 15.6. The lowest BCUT2D eigenvalue weighted by Crippen LogP contribution is -2.38. The predicted octanol–water partition coefficient (Wildman–Crippen LogP) is 9.88. The van der Waals surface area contributed by atoms with E-state index >= 15 is 0 Å². The molecule has 0 saturated heterocycles. The Bertz CT molecular complexity index is 2390. The smallest absolute Gasteiger partial charge is 0.389 e. The maximum Gasteiger partial charge on any atom is 0.389 e. The van der Waals surface area contributed by atoms with Crippen LogP contribution in [0.3, 0.4) is 0 Å². The third kappa shape index (κ3) is 17.6. The monoisotopic (exact) mass is 962 g/mol. The largest absolute Gasteiger partial charge is 0.494 e. The summed E-state index contributed by atoms with van der Waals surface area (Å²) in [6.45, 7) is 0.180. The second-order valence-corrected chi connectivity index (χ2v) is 15.6. The number of alkyl halides is 6. The number of hydrogen-bond donors (Lipinski definition) is 4. The fourth-order valence-electron chi connectivity index (χ4n) is 6.58. The molecule has 18 heteroatoms. The van der Waals surface area contributed by atoms with E-state index in [1.807, 2.05) is 0 Å². The van der Waals surface area contributed by atoms with E-state index in [1.54, 1.807) is 0 Å². The number of hydrogen-bond acceptors (Lipinski definition) is 12. The summed E-state index contributed by atoms with van der Waals surface area (Å²) < 4.78 is 95.6. The van der Waals surface area contributed by atoms with E-state index in [-0.39, 0.29) is 78.5 Å². The van der Waals surface area contributed by atoms with Crippen molar-refractivity contribution in [2.45, 2.75) is 69.0 Å². The number of halogens is 6. The Balaban J connectivity index is 1.15. The summed E-state index contributed by atoms with van der Waals surface area (Å²) in [7, 11) is 0. The number of unbranched alkanes of at least 4 members (excludes halogenated alkanes) is 2. The molecule has 2 atom stereocenters. The Morgan fingerprint density at radius 3 is 1.20 bits per heavy atom. The van der Waals surface area contributed by atoms with Crippen LogP contribution < -0.4 is 30.4 Å². The van der Waals surface area contributed by atoms with E-state index in [9.17, 15) is 55.7 Å². The molecule has 2 unspecified atom stereocenters. The van der Waals surface area contributed by atoms with E-state index in [1.165, 1.54) is 127 Å². The van der Waals surface area contributed by atoms with Crippen LogP contribution in [0.1, 0.15) is 81.8 Å². The number of rotatable bonds is 23. The summed E-state index contributed by atoms with van der Waals surface area (Å²) in [6, 6.07) is 27.8. The van der Waals surface area contributed by atoms with Gasteiger partial charge in [-0.05, 0) is 146 Å². The Kier molecular flexibility index (Phi) is 18.7. The molecule has 0 heterocycles.